The number of alkyl halides is 1. The van der Waals surface area contributed by atoms with Gasteiger partial charge in [-0.15, -0.1) is 0 Å². The molecular formula is C15H14F2N2. The quantitative estimate of drug-likeness (QED) is 0.920. The van der Waals surface area contributed by atoms with E-state index in [2.05, 4.69) is 4.98 Å². The minimum atomic E-state index is -0.811. The van der Waals surface area contributed by atoms with E-state index in [1.54, 1.807) is 24.4 Å². The van der Waals surface area contributed by atoms with Crippen LogP contribution in [0.4, 0.5) is 8.78 Å². The highest BCUT2D eigenvalue weighted by atomic mass is 19.1. The van der Waals surface area contributed by atoms with E-state index in [9.17, 15) is 8.78 Å². The number of pyridine rings is 1. The number of hydrogen-bond acceptors (Lipinski definition) is 2. The van der Waals surface area contributed by atoms with E-state index in [-0.39, 0.29) is 11.6 Å². The van der Waals surface area contributed by atoms with Crippen molar-refractivity contribution >= 4 is 0 Å². The van der Waals surface area contributed by atoms with Gasteiger partial charge in [0, 0.05) is 29.3 Å². The lowest BCUT2D eigenvalue weighted by Gasteiger charge is -2.06. The second kappa shape index (κ2) is 4.70. The van der Waals surface area contributed by atoms with Crippen LogP contribution in [0.1, 0.15) is 23.5 Å². The molecule has 2 nitrogen and oxygen atoms in total. The normalized spacial score (nSPS) is 21.4. The molecule has 3 rings (SSSR count). The van der Waals surface area contributed by atoms with Crippen molar-refractivity contribution in [3.05, 3.63) is 53.5 Å². The van der Waals surface area contributed by atoms with Gasteiger partial charge in [-0.1, -0.05) is 18.2 Å². The average Bonchev–Trinajstić information content (AvgIpc) is 3.16. The number of nitrogens with two attached hydrogens (primary N) is 1. The summed E-state index contributed by atoms with van der Waals surface area (Å²) in [7, 11) is 0. The number of hydrogen-bond donors (Lipinski definition) is 1. The molecule has 0 unspecified atom stereocenters. The summed E-state index contributed by atoms with van der Waals surface area (Å²) in [6.07, 6.45) is 2.71. The molecule has 0 amide bonds. The molecule has 19 heavy (non-hydrogen) atoms. The van der Waals surface area contributed by atoms with Crippen molar-refractivity contribution in [2.45, 2.75) is 25.1 Å². The van der Waals surface area contributed by atoms with Gasteiger partial charge in [0.2, 0.25) is 0 Å². The Bertz CT molecular complexity index is 596. The van der Waals surface area contributed by atoms with Crippen molar-refractivity contribution in [1.82, 2.24) is 4.98 Å². The first-order chi connectivity index (χ1) is 9.20. The van der Waals surface area contributed by atoms with Crippen molar-refractivity contribution < 1.29 is 8.78 Å². The molecule has 1 heterocycles. The molecule has 1 aliphatic carbocycles. The number of rotatable bonds is 3. The largest absolute Gasteiger partial charge is 0.327 e. The van der Waals surface area contributed by atoms with Crippen LogP contribution in [0.5, 0.6) is 0 Å². The maximum absolute atomic E-state index is 14.0. The van der Waals surface area contributed by atoms with Gasteiger partial charge in [0.25, 0.3) is 0 Å². The lowest BCUT2D eigenvalue weighted by Crippen LogP contribution is -2.01. The monoisotopic (exact) mass is 260 g/mol. The molecule has 2 N–H and O–H groups in total. The standard InChI is InChI=1S/C15H14F2N2/c16-7-9-2-1-3-11(15(9)17)14-5-4-10(8-19-14)12-6-13(12)18/h1-5,8,12-13H,6-7,18H2/t12-,13+/m1/s1. The molecule has 0 saturated heterocycles. The Kier molecular flexibility index (Phi) is 3.03. The number of halogens is 2. The number of aromatic nitrogens is 1. The highest BCUT2D eigenvalue weighted by Crippen LogP contribution is 2.39. The van der Waals surface area contributed by atoms with Crippen LogP contribution in [0.15, 0.2) is 36.5 Å². The van der Waals surface area contributed by atoms with Crippen LogP contribution >= 0.6 is 0 Å². The van der Waals surface area contributed by atoms with Gasteiger partial charge in [-0.25, -0.2) is 8.78 Å². The zero-order valence-electron chi connectivity index (χ0n) is 10.3. The third-order valence-corrected chi connectivity index (χ3v) is 3.55. The predicted molar refractivity (Wildman–Crippen MR) is 69.8 cm³/mol. The first kappa shape index (κ1) is 12.2. The van der Waals surface area contributed by atoms with E-state index >= 15 is 0 Å². The summed E-state index contributed by atoms with van der Waals surface area (Å²) in [5.41, 5.74) is 7.78. The smallest absolute Gasteiger partial charge is 0.138 e. The molecule has 1 saturated carbocycles. The van der Waals surface area contributed by atoms with Gasteiger partial charge < -0.3 is 5.73 Å². The van der Waals surface area contributed by atoms with Crippen molar-refractivity contribution in [2.24, 2.45) is 5.73 Å². The summed E-state index contributed by atoms with van der Waals surface area (Å²) >= 11 is 0. The van der Waals surface area contributed by atoms with Gasteiger partial charge in [0.15, 0.2) is 0 Å². The summed E-state index contributed by atoms with van der Waals surface area (Å²) in [5.74, 6) is -0.156. The van der Waals surface area contributed by atoms with E-state index < -0.39 is 12.5 Å². The molecule has 0 bridgehead atoms. The van der Waals surface area contributed by atoms with Crippen LogP contribution < -0.4 is 5.73 Å². The Hall–Kier alpha value is -1.81. The third-order valence-electron chi connectivity index (χ3n) is 3.55. The summed E-state index contributed by atoms with van der Waals surface area (Å²) in [6.45, 7) is -0.811. The van der Waals surface area contributed by atoms with Gasteiger partial charge in [-0.2, -0.15) is 0 Å². The van der Waals surface area contributed by atoms with Crippen LogP contribution in [0, 0.1) is 5.82 Å². The predicted octanol–water partition coefficient (Wildman–Crippen LogP) is 3.17. The van der Waals surface area contributed by atoms with Crippen molar-refractivity contribution in [2.75, 3.05) is 0 Å². The average molecular weight is 260 g/mol. The SMILES string of the molecule is N[C@H]1C[C@@H]1c1ccc(-c2cccc(CF)c2F)nc1. The summed E-state index contributed by atoms with van der Waals surface area (Å²) in [5, 5.41) is 0. The summed E-state index contributed by atoms with van der Waals surface area (Å²) in [6, 6.07) is 8.59. The second-order valence-corrected chi connectivity index (χ2v) is 4.90. The number of benzene rings is 1. The molecule has 0 spiro atoms. The van der Waals surface area contributed by atoms with E-state index in [4.69, 9.17) is 5.73 Å². The molecule has 2 aromatic rings. The topological polar surface area (TPSA) is 38.9 Å². The van der Waals surface area contributed by atoms with Gasteiger partial charge in [0.05, 0.1) is 5.69 Å². The van der Waals surface area contributed by atoms with Gasteiger partial charge in [0.1, 0.15) is 12.5 Å². The fourth-order valence-corrected chi connectivity index (χ4v) is 2.26. The number of nitrogens with zero attached hydrogens (tertiary/aromatic N) is 1. The lowest BCUT2D eigenvalue weighted by molar-refractivity contribution is 0.464. The molecule has 1 aromatic carbocycles. The molecule has 98 valence electrons. The minimum absolute atomic E-state index is 0.0626. The zero-order valence-corrected chi connectivity index (χ0v) is 10.3. The Labute approximate surface area is 110 Å². The summed E-state index contributed by atoms with van der Waals surface area (Å²) < 4.78 is 26.6. The molecule has 1 aliphatic rings. The van der Waals surface area contributed by atoms with Crippen LogP contribution in [0.25, 0.3) is 11.3 Å². The Morgan fingerprint density at radius 3 is 2.63 bits per heavy atom. The molecule has 1 fully saturated rings. The first-order valence-corrected chi connectivity index (χ1v) is 6.26. The molecular weight excluding hydrogens is 246 g/mol. The lowest BCUT2D eigenvalue weighted by atomic mass is 10.1. The van der Waals surface area contributed by atoms with Crippen molar-refractivity contribution in [1.29, 1.82) is 0 Å². The molecule has 0 radical (unpaired) electrons. The van der Waals surface area contributed by atoms with Gasteiger partial charge in [-0.3, -0.25) is 4.98 Å². The Balaban J connectivity index is 1.94. The maximum atomic E-state index is 14.0. The Morgan fingerprint density at radius 1 is 1.26 bits per heavy atom. The Morgan fingerprint density at radius 2 is 2.05 bits per heavy atom. The molecule has 4 heteroatoms. The fourth-order valence-electron chi connectivity index (χ4n) is 2.26. The van der Waals surface area contributed by atoms with Crippen molar-refractivity contribution in [3.63, 3.8) is 0 Å². The zero-order chi connectivity index (χ0) is 13.4. The van der Waals surface area contributed by atoms with E-state index in [0.717, 1.165) is 12.0 Å². The van der Waals surface area contributed by atoms with Gasteiger partial charge in [-0.05, 0) is 24.1 Å². The van der Waals surface area contributed by atoms with E-state index in [0.29, 0.717) is 17.2 Å². The highest BCUT2D eigenvalue weighted by molar-refractivity contribution is 5.61. The third kappa shape index (κ3) is 2.24. The first-order valence-electron chi connectivity index (χ1n) is 6.26. The molecule has 0 aliphatic heterocycles. The van der Waals surface area contributed by atoms with Crippen LogP contribution in [0.3, 0.4) is 0 Å². The minimum Gasteiger partial charge on any atom is -0.327 e. The highest BCUT2D eigenvalue weighted by Gasteiger charge is 2.34. The van der Waals surface area contributed by atoms with Crippen LogP contribution in [0.2, 0.25) is 0 Å². The molecule has 2 atom stereocenters. The van der Waals surface area contributed by atoms with Crippen molar-refractivity contribution in [3.8, 4) is 11.3 Å². The maximum Gasteiger partial charge on any atom is 0.138 e. The van der Waals surface area contributed by atoms with E-state index in [1.165, 1.54) is 6.07 Å². The summed E-state index contributed by atoms with van der Waals surface area (Å²) in [4.78, 5) is 4.26. The molecule has 1 aromatic heterocycles. The van der Waals surface area contributed by atoms with Crippen LogP contribution in [-0.2, 0) is 6.67 Å². The van der Waals surface area contributed by atoms with Gasteiger partial charge >= 0.3 is 0 Å². The van der Waals surface area contributed by atoms with E-state index in [1.807, 2.05) is 6.07 Å². The van der Waals surface area contributed by atoms with Crippen LogP contribution in [-0.4, -0.2) is 11.0 Å². The second-order valence-electron chi connectivity index (χ2n) is 4.90. The fraction of sp³-hybridized carbons (Fsp3) is 0.267.